The second-order valence-electron chi connectivity index (χ2n) is 5.64. The molecule has 1 fully saturated rings. The summed E-state index contributed by atoms with van der Waals surface area (Å²) >= 11 is 6.21. The van der Waals surface area contributed by atoms with Gasteiger partial charge in [-0.2, -0.15) is 0 Å². The van der Waals surface area contributed by atoms with Crippen molar-refractivity contribution < 1.29 is 14.7 Å². The Bertz CT molecular complexity index is 616. The van der Waals surface area contributed by atoms with Crippen LogP contribution in [0.1, 0.15) is 24.2 Å². The quantitative estimate of drug-likeness (QED) is 0.811. The molecular weight excluding hydrogens is 294 g/mol. The lowest BCUT2D eigenvalue weighted by atomic mass is 9.95. The molecule has 0 atom stereocenters. The molecule has 21 heavy (non-hydrogen) atoms. The second kappa shape index (κ2) is 5.11. The van der Waals surface area contributed by atoms with Crippen molar-refractivity contribution in [1.29, 1.82) is 0 Å². The Labute approximate surface area is 128 Å². The number of rotatable bonds is 2. The number of carboxylic acid groups (broad SMARTS) is 1. The van der Waals surface area contributed by atoms with Crippen molar-refractivity contribution in [2.24, 2.45) is 0 Å². The second-order valence-corrected chi connectivity index (χ2v) is 6.05. The van der Waals surface area contributed by atoms with E-state index < -0.39 is 11.5 Å². The third kappa shape index (κ3) is 2.51. The fourth-order valence-electron chi connectivity index (χ4n) is 2.66. The minimum atomic E-state index is -1.12. The Balaban J connectivity index is 2.61. The predicted octanol–water partition coefficient (Wildman–Crippen LogP) is 1.68. The van der Waals surface area contributed by atoms with E-state index in [0.717, 1.165) is 0 Å². The monoisotopic (exact) mass is 311 g/mol. The van der Waals surface area contributed by atoms with Crippen LogP contribution in [0.25, 0.3) is 0 Å². The summed E-state index contributed by atoms with van der Waals surface area (Å²) in [6, 6.07) is 2.87. The number of halogens is 1. The number of nitrogens with two attached hydrogens (primary N) is 1. The van der Waals surface area contributed by atoms with Gasteiger partial charge in [-0.1, -0.05) is 11.6 Å². The number of carbonyl (C=O) groups is 2. The number of carbonyl (C=O) groups excluding carboxylic acids is 1. The summed E-state index contributed by atoms with van der Waals surface area (Å²) in [6.07, 6.45) is 0. The molecule has 0 saturated carbocycles. The number of amides is 1. The van der Waals surface area contributed by atoms with Crippen molar-refractivity contribution in [3.8, 4) is 0 Å². The minimum absolute atomic E-state index is 0.00503. The van der Waals surface area contributed by atoms with Crippen molar-refractivity contribution in [2.45, 2.75) is 19.4 Å². The van der Waals surface area contributed by atoms with Crippen molar-refractivity contribution in [1.82, 2.24) is 4.90 Å². The molecule has 1 amide bonds. The van der Waals surface area contributed by atoms with E-state index in [9.17, 15) is 14.7 Å². The molecule has 0 spiro atoms. The van der Waals surface area contributed by atoms with Crippen LogP contribution in [-0.2, 0) is 4.79 Å². The number of aromatic carboxylic acids is 1. The van der Waals surface area contributed by atoms with Crippen LogP contribution in [0.2, 0.25) is 5.02 Å². The minimum Gasteiger partial charge on any atom is -0.478 e. The van der Waals surface area contributed by atoms with Gasteiger partial charge in [0.1, 0.15) is 5.54 Å². The number of hydrogen-bond acceptors (Lipinski definition) is 4. The first kappa shape index (κ1) is 15.4. The van der Waals surface area contributed by atoms with Crippen LogP contribution in [0.5, 0.6) is 0 Å². The highest BCUT2D eigenvalue weighted by Gasteiger charge is 2.42. The number of benzene rings is 1. The lowest BCUT2D eigenvalue weighted by Gasteiger charge is -2.46. The first-order valence-corrected chi connectivity index (χ1v) is 6.89. The molecule has 6 nitrogen and oxygen atoms in total. The van der Waals surface area contributed by atoms with E-state index in [1.54, 1.807) is 30.7 Å². The number of anilines is 2. The van der Waals surface area contributed by atoms with E-state index in [2.05, 4.69) is 0 Å². The highest BCUT2D eigenvalue weighted by atomic mass is 35.5. The molecule has 0 aliphatic carbocycles. The van der Waals surface area contributed by atoms with E-state index in [1.807, 2.05) is 0 Å². The van der Waals surface area contributed by atoms with Gasteiger partial charge in [0.2, 0.25) is 5.91 Å². The molecular formula is C14H18ClN3O3. The summed E-state index contributed by atoms with van der Waals surface area (Å²) in [7, 11) is 1.73. The normalized spacial score (nSPS) is 18.0. The highest BCUT2D eigenvalue weighted by Crippen LogP contribution is 2.38. The predicted molar refractivity (Wildman–Crippen MR) is 81.9 cm³/mol. The van der Waals surface area contributed by atoms with Gasteiger partial charge in [-0.3, -0.25) is 4.79 Å². The van der Waals surface area contributed by atoms with Crippen molar-refractivity contribution in [3.05, 3.63) is 22.7 Å². The van der Waals surface area contributed by atoms with Gasteiger partial charge in [0.05, 0.1) is 16.3 Å². The van der Waals surface area contributed by atoms with Gasteiger partial charge in [-0.25, -0.2) is 4.79 Å². The molecule has 7 heteroatoms. The van der Waals surface area contributed by atoms with Crippen molar-refractivity contribution in [3.63, 3.8) is 0 Å². The fourth-order valence-corrected chi connectivity index (χ4v) is 2.99. The third-order valence-electron chi connectivity index (χ3n) is 3.79. The maximum Gasteiger partial charge on any atom is 0.337 e. The molecule has 0 unspecified atom stereocenters. The summed E-state index contributed by atoms with van der Waals surface area (Å²) in [5, 5.41) is 9.63. The largest absolute Gasteiger partial charge is 0.478 e. The van der Waals surface area contributed by atoms with E-state index in [0.29, 0.717) is 18.8 Å². The van der Waals surface area contributed by atoms with Crippen LogP contribution in [0, 0.1) is 0 Å². The van der Waals surface area contributed by atoms with Gasteiger partial charge in [0, 0.05) is 25.8 Å². The van der Waals surface area contributed by atoms with Gasteiger partial charge < -0.3 is 20.6 Å². The number of hydrogen-bond donors (Lipinski definition) is 2. The molecule has 114 valence electrons. The van der Waals surface area contributed by atoms with Gasteiger partial charge in [0.15, 0.2) is 0 Å². The van der Waals surface area contributed by atoms with Crippen molar-refractivity contribution in [2.75, 3.05) is 30.8 Å². The van der Waals surface area contributed by atoms with Gasteiger partial charge in [-0.15, -0.1) is 0 Å². The Morgan fingerprint density at radius 3 is 2.57 bits per heavy atom. The Morgan fingerprint density at radius 2 is 2.00 bits per heavy atom. The van der Waals surface area contributed by atoms with Gasteiger partial charge in [-0.05, 0) is 26.0 Å². The molecule has 2 rings (SSSR count). The zero-order chi connectivity index (χ0) is 15.9. The zero-order valence-electron chi connectivity index (χ0n) is 12.2. The van der Waals surface area contributed by atoms with Crippen LogP contribution >= 0.6 is 11.6 Å². The average molecular weight is 312 g/mol. The van der Waals surface area contributed by atoms with Crippen LogP contribution < -0.4 is 10.6 Å². The summed E-state index contributed by atoms with van der Waals surface area (Å²) in [5.41, 5.74) is 5.41. The smallest absolute Gasteiger partial charge is 0.337 e. The summed E-state index contributed by atoms with van der Waals surface area (Å²) in [6.45, 7) is 4.51. The summed E-state index contributed by atoms with van der Waals surface area (Å²) < 4.78 is 0. The lowest BCUT2D eigenvalue weighted by Crippen LogP contribution is -2.62. The molecule has 1 aromatic carbocycles. The van der Waals surface area contributed by atoms with Crippen molar-refractivity contribution >= 4 is 34.9 Å². The lowest BCUT2D eigenvalue weighted by molar-refractivity contribution is -0.136. The zero-order valence-corrected chi connectivity index (χ0v) is 12.9. The average Bonchev–Trinajstić information content (AvgIpc) is 2.37. The van der Waals surface area contributed by atoms with E-state index >= 15 is 0 Å². The van der Waals surface area contributed by atoms with Crippen LogP contribution in [0.15, 0.2) is 12.1 Å². The number of piperazine rings is 1. The molecule has 1 aliphatic rings. The van der Waals surface area contributed by atoms with Crippen LogP contribution in [0.3, 0.4) is 0 Å². The molecule has 0 radical (unpaired) electrons. The molecule has 1 aliphatic heterocycles. The number of carboxylic acids is 1. The maximum absolute atomic E-state index is 12.4. The maximum atomic E-state index is 12.4. The van der Waals surface area contributed by atoms with E-state index in [4.69, 9.17) is 17.3 Å². The molecule has 1 aromatic rings. The summed E-state index contributed by atoms with van der Waals surface area (Å²) in [5.74, 6) is -1.21. The highest BCUT2D eigenvalue weighted by molar-refractivity contribution is 6.34. The molecule has 1 heterocycles. The van der Waals surface area contributed by atoms with Crippen LogP contribution in [0.4, 0.5) is 11.4 Å². The third-order valence-corrected chi connectivity index (χ3v) is 4.08. The number of nitrogen functional groups attached to an aromatic ring is 1. The molecule has 0 bridgehead atoms. The standard InChI is InChI=1S/C14H18ClN3O3/c1-14(2)13(21)17(3)4-5-18(14)11-9(12(19)20)6-8(16)7-10(11)15/h6-7H,4-5,16H2,1-3H3,(H,19,20). The topological polar surface area (TPSA) is 86.9 Å². The first-order chi connectivity index (χ1) is 9.66. The van der Waals surface area contributed by atoms with Crippen LogP contribution in [-0.4, -0.2) is 47.6 Å². The fraction of sp³-hybridized carbons (Fsp3) is 0.429. The Hall–Kier alpha value is -1.95. The van der Waals surface area contributed by atoms with E-state index in [1.165, 1.54) is 12.1 Å². The SMILES string of the molecule is CN1CCN(c2c(Cl)cc(N)cc2C(=O)O)C(C)(C)C1=O. The number of likely N-dealkylation sites (N-methyl/N-ethyl adjacent to an activating group) is 1. The molecule has 0 aromatic heterocycles. The first-order valence-electron chi connectivity index (χ1n) is 6.51. The molecule has 3 N–H and O–H groups in total. The van der Waals surface area contributed by atoms with Gasteiger partial charge >= 0.3 is 5.97 Å². The van der Waals surface area contributed by atoms with Gasteiger partial charge in [0.25, 0.3) is 0 Å². The number of nitrogens with zero attached hydrogens (tertiary/aromatic N) is 2. The Morgan fingerprint density at radius 1 is 1.38 bits per heavy atom. The Kier molecular flexibility index (Phi) is 3.76. The van der Waals surface area contributed by atoms with E-state index in [-0.39, 0.29) is 22.2 Å². The summed E-state index contributed by atoms with van der Waals surface area (Å²) in [4.78, 5) is 27.2. The molecule has 1 saturated heterocycles.